The van der Waals surface area contributed by atoms with Crippen molar-refractivity contribution in [3.63, 3.8) is 0 Å². The fraction of sp³-hybridized carbons (Fsp3) is 0.350. The number of piperidine rings is 1. The molecule has 0 atom stereocenters. The minimum atomic E-state index is -0.445. The second-order valence-electron chi connectivity index (χ2n) is 6.46. The normalized spacial score (nSPS) is 14.4. The van der Waals surface area contributed by atoms with Crippen LogP contribution in [0.3, 0.4) is 0 Å². The molecule has 1 fully saturated rings. The van der Waals surface area contributed by atoms with Crippen molar-refractivity contribution in [1.29, 1.82) is 0 Å². The molecule has 8 heteroatoms. The number of aromatic nitrogens is 1. The molecule has 2 N–H and O–H groups in total. The highest BCUT2D eigenvalue weighted by Gasteiger charge is 2.24. The topological polar surface area (TPSA) is 83.6 Å². The average molecular weight is 389 g/mol. The molecule has 0 spiro atoms. The quantitative estimate of drug-likeness (QED) is 0.814. The highest BCUT2D eigenvalue weighted by atomic mass is 19.1. The molecule has 0 bridgehead atoms. The van der Waals surface area contributed by atoms with Gasteiger partial charge in [0.25, 0.3) is 5.91 Å². The van der Waals surface area contributed by atoms with E-state index < -0.39 is 11.7 Å². The fourth-order valence-corrected chi connectivity index (χ4v) is 3.07. The molecule has 1 aliphatic rings. The van der Waals surface area contributed by atoms with E-state index in [2.05, 4.69) is 15.6 Å². The van der Waals surface area contributed by atoms with Crippen LogP contribution in [0.2, 0.25) is 0 Å². The third-order valence-corrected chi connectivity index (χ3v) is 4.51. The van der Waals surface area contributed by atoms with E-state index in [9.17, 15) is 14.0 Å². The predicted octanol–water partition coefficient (Wildman–Crippen LogP) is 3.75. The maximum atomic E-state index is 13.7. The first-order valence-corrected chi connectivity index (χ1v) is 9.27. The summed E-state index contributed by atoms with van der Waals surface area (Å²) >= 11 is 0. The van der Waals surface area contributed by atoms with E-state index in [-0.39, 0.29) is 19.3 Å². The zero-order chi connectivity index (χ0) is 19.9. The number of pyridine rings is 1. The number of benzene rings is 1. The number of halogens is 1. The largest absolute Gasteiger partial charge is 0.450 e. The number of nitrogens with one attached hydrogen (secondary N) is 2. The highest BCUT2D eigenvalue weighted by molar-refractivity contribution is 6.04. The van der Waals surface area contributed by atoms with Crippen LogP contribution in [-0.2, 0) is 4.74 Å². The van der Waals surface area contributed by atoms with Crippen molar-refractivity contribution in [2.75, 3.05) is 30.3 Å². The Morgan fingerprint density at radius 3 is 2.71 bits per heavy atom. The molecule has 150 valence electrons. The molecule has 28 heavy (non-hydrogen) atoms. The second-order valence-corrected chi connectivity index (χ2v) is 6.46. The van der Waals surface area contributed by atoms with Crippen molar-refractivity contribution in [2.45, 2.75) is 25.8 Å². The molecule has 2 amide bonds. The van der Waals surface area contributed by atoms with Crippen LogP contribution in [0.1, 0.15) is 31.7 Å². The Balaban J connectivity index is 0.00000300. The van der Waals surface area contributed by atoms with E-state index in [1.807, 2.05) is 0 Å². The van der Waals surface area contributed by atoms with Crippen LogP contribution in [0, 0.1) is 5.82 Å². The summed E-state index contributed by atoms with van der Waals surface area (Å²) in [7, 11) is 0. The van der Waals surface area contributed by atoms with Gasteiger partial charge in [-0.15, -0.1) is 0 Å². The van der Waals surface area contributed by atoms with Crippen LogP contribution >= 0.6 is 0 Å². The molecule has 7 nitrogen and oxygen atoms in total. The average Bonchev–Trinajstić information content (AvgIpc) is 2.71. The highest BCUT2D eigenvalue weighted by Crippen LogP contribution is 2.26. The van der Waals surface area contributed by atoms with E-state index in [0.717, 1.165) is 12.8 Å². The van der Waals surface area contributed by atoms with Crippen molar-refractivity contribution in [3.8, 4) is 0 Å². The lowest BCUT2D eigenvalue weighted by atomic mass is 10.0. The third-order valence-electron chi connectivity index (χ3n) is 4.51. The summed E-state index contributed by atoms with van der Waals surface area (Å²) in [6.45, 7) is 3.29. The monoisotopic (exact) mass is 389 g/mol. The Labute approximate surface area is 164 Å². The summed E-state index contributed by atoms with van der Waals surface area (Å²) in [4.78, 5) is 29.9. The number of amides is 2. The fourth-order valence-electron chi connectivity index (χ4n) is 3.07. The Morgan fingerprint density at radius 2 is 2.04 bits per heavy atom. The van der Waals surface area contributed by atoms with Gasteiger partial charge >= 0.3 is 6.09 Å². The van der Waals surface area contributed by atoms with Gasteiger partial charge in [0.1, 0.15) is 11.5 Å². The maximum Gasteiger partial charge on any atom is 0.409 e. The molecule has 1 aromatic carbocycles. The van der Waals surface area contributed by atoms with Crippen molar-refractivity contribution >= 4 is 23.4 Å². The molecule has 1 aliphatic heterocycles. The van der Waals surface area contributed by atoms with E-state index in [1.54, 1.807) is 36.1 Å². The molecule has 0 aliphatic carbocycles. The van der Waals surface area contributed by atoms with E-state index in [0.29, 0.717) is 31.1 Å². The van der Waals surface area contributed by atoms with Gasteiger partial charge in [0.2, 0.25) is 0 Å². The Hall–Kier alpha value is -3.16. The molecule has 1 saturated heterocycles. The Morgan fingerprint density at radius 1 is 1.25 bits per heavy atom. The minimum absolute atomic E-state index is 0. The van der Waals surface area contributed by atoms with Crippen molar-refractivity contribution in [2.24, 2.45) is 0 Å². The number of hydrogen-bond acceptors (Lipinski definition) is 5. The van der Waals surface area contributed by atoms with Gasteiger partial charge in [0, 0.05) is 26.8 Å². The number of likely N-dealkylation sites (tertiary alicyclic amines) is 1. The molecule has 0 saturated carbocycles. The summed E-state index contributed by atoms with van der Waals surface area (Å²) < 4.78 is 18.8. The van der Waals surface area contributed by atoms with Crippen LogP contribution in [0.5, 0.6) is 0 Å². The number of ether oxygens (including phenoxy) is 1. The second kappa shape index (κ2) is 9.16. The lowest BCUT2D eigenvalue weighted by molar-refractivity contribution is 0.0981. The molecular formula is C20H25FN4O3. The van der Waals surface area contributed by atoms with Gasteiger partial charge in [-0.25, -0.2) is 9.18 Å². The van der Waals surface area contributed by atoms with Gasteiger partial charge < -0.3 is 20.3 Å². The molecule has 3 rings (SSSR count). The summed E-state index contributed by atoms with van der Waals surface area (Å²) in [6.07, 6.45) is 2.68. The molecule has 0 radical (unpaired) electrons. The van der Waals surface area contributed by atoms with Crippen molar-refractivity contribution < 1.29 is 20.1 Å². The standard InChI is InChI=1S/C20H23FN4O3.H2/c1-2-28-20(27)25-11-8-15(9-12-25)23-16-7-6-14(21)13-18(16)24-19(26)17-5-3-4-10-22-17;/h3-7,10,13,15,23H,2,8-9,11-12H2,1H3,(H,24,26);1H/i;1+1. The molecular weight excluding hydrogens is 363 g/mol. The van der Waals surface area contributed by atoms with E-state index in [4.69, 9.17) is 4.74 Å². The van der Waals surface area contributed by atoms with Crippen molar-refractivity contribution in [1.82, 2.24) is 9.88 Å². The van der Waals surface area contributed by atoms with Gasteiger partial charge in [-0.05, 0) is 50.1 Å². The Kier molecular flexibility index (Phi) is 6.41. The van der Waals surface area contributed by atoms with Crippen LogP contribution in [0.25, 0.3) is 0 Å². The van der Waals surface area contributed by atoms with Crippen LogP contribution in [0.4, 0.5) is 20.6 Å². The predicted molar refractivity (Wildman–Crippen MR) is 106 cm³/mol. The van der Waals surface area contributed by atoms with E-state index in [1.165, 1.54) is 18.3 Å². The van der Waals surface area contributed by atoms with Gasteiger partial charge in [0.15, 0.2) is 0 Å². The summed E-state index contributed by atoms with van der Waals surface area (Å²) in [5.41, 5.74) is 1.23. The number of nitrogens with zero attached hydrogens (tertiary/aromatic N) is 2. The van der Waals surface area contributed by atoms with Gasteiger partial charge in [-0.1, -0.05) is 6.07 Å². The summed E-state index contributed by atoms with van der Waals surface area (Å²) in [5.74, 6) is -0.856. The van der Waals surface area contributed by atoms with Gasteiger partial charge in [0.05, 0.1) is 18.0 Å². The third kappa shape index (κ3) is 4.97. The lowest BCUT2D eigenvalue weighted by Gasteiger charge is -2.32. The number of carbonyl (C=O) groups excluding carboxylic acids is 2. The van der Waals surface area contributed by atoms with Crippen LogP contribution in [-0.4, -0.2) is 47.6 Å². The first kappa shape index (κ1) is 19.6. The smallest absolute Gasteiger partial charge is 0.409 e. The van der Waals surface area contributed by atoms with Crippen LogP contribution in [0.15, 0.2) is 42.6 Å². The first-order valence-electron chi connectivity index (χ1n) is 9.27. The Bertz CT molecular complexity index is 830. The molecule has 2 aromatic rings. The number of anilines is 2. The minimum Gasteiger partial charge on any atom is -0.450 e. The first-order chi connectivity index (χ1) is 13.6. The maximum absolute atomic E-state index is 13.7. The summed E-state index contributed by atoms with van der Waals surface area (Å²) in [6, 6.07) is 9.33. The molecule has 0 unspecified atom stereocenters. The van der Waals surface area contributed by atoms with Gasteiger partial charge in [-0.2, -0.15) is 0 Å². The van der Waals surface area contributed by atoms with E-state index >= 15 is 0 Å². The lowest BCUT2D eigenvalue weighted by Crippen LogP contribution is -2.42. The number of carbonyl (C=O) groups is 2. The SMILES string of the molecule is CCOC(=O)N1CCC(Nc2ccc(F)cc2NC(=O)c2ccccn2)CC1.[2HH]. The zero-order valence-corrected chi connectivity index (χ0v) is 15.7. The summed E-state index contributed by atoms with van der Waals surface area (Å²) in [5, 5.41) is 6.06. The zero-order valence-electron chi connectivity index (χ0n) is 15.7. The number of hydrogen-bond donors (Lipinski definition) is 2. The molecule has 2 heterocycles. The molecule has 1 aromatic heterocycles. The number of rotatable bonds is 5. The van der Waals surface area contributed by atoms with Gasteiger partial charge in [-0.3, -0.25) is 9.78 Å². The van der Waals surface area contributed by atoms with Crippen LogP contribution < -0.4 is 10.6 Å². The van der Waals surface area contributed by atoms with Crippen molar-refractivity contribution in [3.05, 3.63) is 54.1 Å².